The molecule has 0 radical (unpaired) electrons. The number of nitrogens with one attached hydrogen (secondary N) is 1. The maximum atomic E-state index is 10.0. The summed E-state index contributed by atoms with van der Waals surface area (Å²) in [6.45, 7) is 3.08. The van der Waals surface area contributed by atoms with Crippen molar-refractivity contribution in [1.29, 1.82) is 0 Å². The minimum Gasteiger partial charge on any atom is -0.508 e. The summed E-state index contributed by atoms with van der Waals surface area (Å²) < 4.78 is 6.09. The summed E-state index contributed by atoms with van der Waals surface area (Å²) in [6, 6.07) is 25.5. The standard InChI is InChI=1S/C29H33NO2/c31-25-9-13-28-24(20-25)8-12-27(22-4-2-1-3-5-22)29(28)23-6-10-26(11-7-23)32-19-16-21-14-17-30-18-15-21/h1-7,9-11,13,20-21,27,29-31H,8,12,14-19H2/t27-,29+/m1/s1. The van der Waals surface area contributed by atoms with Crippen molar-refractivity contribution >= 4 is 0 Å². The van der Waals surface area contributed by atoms with Crippen molar-refractivity contribution in [3.63, 3.8) is 0 Å². The fraction of sp³-hybridized carbons (Fsp3) is 0.379. The smallest absolute Gasteiger partial charge is 0.119 e. The van der Waals surface area contributed by atoms with Gasteiger partial charge in [-0.1, -0.05) is 48.5 Å². The maximum absolute atomic E-state index is 10.0. The van der Waals surface area contributed by atoms with Crippen molar-refractivity contribution in [2.45, 2.75) is 43.9 Å². The normalized spacial score (nSPS) is 21.1. The third-order valence-corrected chi connectivity index (χ3v) is 7.31. The Kier molecular flexibility index (Phi) is 6.45. The molecule has 0 spiro atoms. The largest absolute Gasteiger partial charge is 0.508 e. The number of aromatic hydroxyl groups is 1. The van der Waals surface area contributed by atoms with Crippen LogP contribution in [0.25, 0.3) is 0 Å². The van der Waals surface area contributed by atoms with Crippen LogP contribution in [-0.4, -0.2) is 24.8 Å². The van der Waals surface area contributed by atoms with Crippen LogP contribution in [0.4, 0.5) is 0 Å². The molecule has 1 aliphatic heterocycles. The van der Waals surface area contributed by atoms with Gasteiger partial charge in [0.25, 0.3) is 0 Å². The lowest BCUT2D eigenvalue weighted by Crippen LogP contribution is -2.28. The number of phenols is 1. The Morgan fingerprint density at radius 2 is 1.62 bits per heavy atom. The third kappa shape index (κ3) is 4.68. The predicted octanol–water partition coefficient (Wildman–Crippen LogP) is 6.02. The summed E-state index contributed by atoms with van der Waals surface area (Å²) in [5.41, 5.74) is 5.31. The lowest BCUT2D eigenvalue weighted by atomic mass is 9.69. The van der Waals surface area contributed by atoms with Gasteiger partial charge < -0.3 is 15.2 Å². The first kappa shape index (κ1) is 21.1. The summed E-state index contributed by atoms with van der Waals surface area (Å²) >= 11 is 0. The van der Waals surface area contributed by atoms with E-state index >= 15 is 0 Å². The lowest BCUT2D eigenvalue weighted by Gasteiger charge is -2.35. The number of hydrogen-bond acceptors (Lipinski definition) is 3. The quantitative estimate of drug-likeness (QED) is 0.505. The highest BCUT2D eigenvalue weighted by atomic mass is 16.5. The second-order valence-electron chi connectivity index (χ2n) is 9.32. The molecule has 2 atom stereocenters. The molecule has 0 unspecified atom stereocenters. The molecule has 2 N–H and O–H groups in total. The molecular formula is C29H33NO2. The number of aryl methyl sites for hydroxylation is 1. The number of rotatable bonds is 6. The van der Waals surface area contributed by atoms with Crippen LogP contribution >= 0.6 is 0 Å². The zero-order chi connectivity index (χ0) is 21.8. The molecule has 0 saturated carbocycles. The summed E-state index contributed by atoms with van der Waals surface area (Å²) in [6.07, 6.45) is 5.75. The second kappa shape index (κ2) is 9.79. The van der Waals surface area contributed by atoms with Gasteiger partial charge in [0, 0.05) is 5.92 Å². The molecule has 2 aliphatic rings. The van der Waals surface area contributed by atoms with Crippen LogP contribution in [0, 0.1) is 5.92 Å². The van der Waals surface area contributed by atoms with Gasteiger partial charge in [-0.2, -0.15) is 0 Å². The van der Waals surface area contributed by atoms with Crippen LogP contribution in [0.15, 0.2) is 72.8 Å². The van der Waals surface area contributed by atoms with Gasteiger partial charge in [0.05, 0.1) is 6.61 Å². The number of benzene rings is 3. The van der Waals surface area contributed by atoms with Crippen LogP contribution in [-0.2, 0) is 6.42 Å². The number of phenolic OH excluding ortho intramolecular Hbond substituents is 1. The van der Waals surface area contributed by atoms with E-state index in [9.17, 15) is 5.11 Å². The SMILES string of the molecule is Oc1ccc2c(c1)CC[C@H](c1ccccc1)[C@@H]2c1ccc(OCCC2CCNCC2)cc1. The molecule has 32 heavy (non-hydrogen) atoms. The highest BCUT2D eigenvalue weighted by Gasteiger charge is 2.32. The lowest BCUT2D eigenvalue weighted by molar-refractivity contribution is 0.252. The van der Waals surface area contributed by atoms with Crippen LogP contribution < -0.4 is 10.1 Å². The zero-order valence-corrected chi connectivity index (χ0v) is 18.7. The van der Waals surface area contributed by atoms with Crippen LogP contribution in [0.1, 0.15) is 59.8 Å². The minimum atomic E-state index is 0.283. The van der Waals surface area contributed by atoms with Crippen molar-refractivity contribution in [3.8, 4) is 11.5 Å². The molecule has 3 heteroatoms. The van der Waals surface area contributed by atoms with Crippen molar-refractivity contribution in [1.82, 2.24) is 5.32 Å². The van der Waals surface area contributed by atoms with Gasteiger partial charge in [0.15, 0.2) is 0 Å². The topological polar surface area (TPSA) is 41.5 Å². The number of hydrogen-bond donors (Lipinski definition) is 2. The molecule has 0 aromatic heterocycles. The minimum absolute atomic E-state index is 0.283. The fourth-order valence-electron chi connectivity index (χ4n) is 5.56. The van der Waals surface area contributed by atoms with Gasteiger partial charge in [-0.05, 0) is 104 Å². The summed E-state index contributed by atoms with van der Waals surface area (Å²) in [7, 11) is 0. The molecule has 0 amide bonds. The molecule has 5 rings (SSSR count). The van der Waals surface area contributed by atoms with E-state index < -0.39 is 0 Å². The van der Waals surface area contributed by atoms with E-state index in [4.69, 9.17) is 4.74 Å². The summed E-state index contributed by atoms with van der Waals surface area (Å²) in [4.78, 5) is 0. The molecular weight excluding hydrogens is 394 g/mol. The van der Waals surface area contributed by atoms with E-state index in [0.717, 1.165) is 50.6 Å². The highest BCUT2D eigenvalue weighted by molar-refractivity contribution is 5.48. The van der Waals surface area contributed by atoms with Gasteiger partial charge in [-0.15, -0.1) is 0 Å². The second-order valence-corrected chi connectivity index (χ2v) is 9.32. The molecule has 3 aromatic rings. The van der Waals surface area contributed by atoms with Gasteiger partial charge >= 0.3 is 0 Å². The molecule has 3 nitrogen and oxygen atoms in total. The van der Waals surface area contributed by atoms with Crippen molar-refractivity contribution in [2.24, 2.45) is 5.92 Å². The summed E-state index contributed by atoms with van der Waals surface area (Å²) in [5, 5.41) is 13.5. The Balaban J connectivity index is 1.35. The highest BCUT2D eigenvalue weighted by Crippen LogP contribution is 2.47. The van der Waals surface area contributed by atoms with Crippen LogP contribution in [0.2, 0.25) is 0 Å². The Bertz CT molecular complexity index is 1010. The average molecular weight is 428 g/mol. The van der Waals surface area contributed by atoms with Crippen molar-refractivity contribution in [2.75, 3.05) is 19.7 Å². The van der Waals surface area contributed by atoms with Gasteiger partial charge in [0.1, 0.15) is 11.5 Å². The molecule has 0 bridgehead atoms. The van der Waals surface area contributed by atoms with Crippen molar-refractivity contribution in [3.05, 3.63) is 95.1 Å². The first-order valence-corrected chi connectivity index (χ1v) is 12.1. The number of fused-ring (bicyclic) bond motifs is 1. The van der Waals surface area contributed by atoms with E-state index in [0.29, 0.717) is 11.7 Å². The van der Waals surface area contributed by atoms with Gasteiger partial charge in [-0.25, -0.2) is 0 Å². The van der Waals surface area contributed by atoms with Gasteiger partial charge in [0.2, 0.25) is 0 Å². The first-order valence-electron chi connectivity index (χ1n) is 12.1. The monoisotopic (exact) mass is 427 g/mol. The Morgan fingerprint density at radius 1 is 0.844 bits per heavy atom. The van der Waals surface area contributed by atoms with E-state index in [1.54, 1.807) is 0 Å². The number of piperidine rings is 1. The first-order chi connectivity index (χ1) is 15.8. The van der Waals surface area contributed by atoms with Crippen LogP contribution in [0.5, 0.6) is 11.5 Å². The number of ether oxygens (including phenoxy) is 1. The Labute approximate surface area is 191 Å². The average Bonchev–Trinajstić information content (AvgIpc) is 2.85. The molecule has 1 saturated heterocycles. The van der Waals surface area contributed by atoms with E-state index in [1.165, 1.54) is 35.1 Å². The Morgan fingerprint density at radius 3 is 2.41 bits per heavy atom. The molecule has 3 aromatic carbocycles. The summed E-state index contributed by atoms with van der Waals surface area (Å²) in [5.74, 6) is 2.82. The maximum Gasteiger partial charge on any atom is 0.119 e. The van der Waals surface area contributed by atoms with Crippen LogP contribution in [0.3, 0.4) is 0 Å². The van der Waals surface area contributed by atoms with E-state index in [-0.39, 0.29) is 5.92 Å². The molecule has 1 heterocycles. The molecule has 1 aliphatic carbocycles. The van der Waals surface area contributed by atoms with Gasteiger partial charge in [-0.3, -0.25) is 0 Å². The zero-order valence-electron chi connectivity index (χ0n) is 18.7. The van der Waals surface area contributed by atoms with E-state index in [2.05, 4.69) is 66.0 Å². The third-order valence-electron chi connectivity index (χ3n) is 7.31. The van der Waals surface area contributed by atoms with E-state index in [1.807, 2.05) is 12.1 Å². The molecule has 1 fully saturated rings. The fourth-order valence-corrected chi connectivity index (χ4v) is 5.56. The Hall–Kier alpha value is -2.78. The molecule has 166 valence electrons. The van der Waals surface area contributed by atoms with Crippen molar-refractivity contribution < 1.29 is 9.84 Å². The predicted molar refractivity (Wildman–Crippen MR) is 130 cm³/mol.